The van der Waals surface area contributed by atoms with Crippen molar-refractivity contribution in [2.45, 2.75) is 26.2 Å². The predicted molar refractivity (Wildman–Crippen MR) is 102 cm³/mol. The highest BCUT2D eigenvalue weighted by Crippen LogP contribution is 2.24. The molecule has 5 nitrogen and oxygen atoms in total. The summed E-state index contributed by atoms with van der Waals surface area (Å²) < 4.78 is 0. The van der Waals surface area contributed by atoms with E-state index in [1.54, 1.807) is 0 Å². The molecule has 24 heavy (non-hydrogen) atoms. The van der Waals surface area contributed by atoms with Crippen LogP contribution in [0.4, 0.5) is 11.4 Å². The maximum Gasteiger partial charge on any atom is 0.221 e. The summed E-state index contributed by atoms with van der Waals surface area (Å²) >= 11 is 0. The van der Waals surface area contributed by atoms with Crippen molar-refractivity contribution in [1.29, 1.82) is 0 Å². The van der Waals surface area contributed by atoms with Crippen molar-refractivity contribution in [3.8, 4) is 0 Å². The Morgan fingerprint density at radius 1 is 1.17 bits per heavy atom. The normalized spacial score (nSPS) is 15.6. The topological polar surface area (TPSA) is 47.6 Å². The highest BCUT2D eigenvalue weighted by Gasteiger charge is 2.15. The van der Waals surface area contributed by atoms with Crippen LogP contribution in [0.1, 0.15) is 26.2 Å². The molecular weight excluding hydrogens is 300 g/mol. The molecule has 0 aromatic heterocycles. The number of hydrogen-bond donors (Lipinski definition) is 2. The fourth-order valence-electron chi connectivity index (χ4n) is 2.88. The van der Waals surface area contributed by atoms with E-state index in [0.29, 0.717) is 19.5 Å². The van der Waals surface area contributed by atoms with E-state index < -0.39 is 0 Å². The lowest BCUT2D eigenvalue weighted by atomic mass is 9.99. The molecule has 0 saturated carbocycles. The standard InChI is InChI=1S/C19H32N4O/c1-16-9-13-23(14-10-16)18-6-4-17(5-7-18)20-11-8-19(24)21-12-15-22(2)3/h4-7,16,20H,8-15H2,1-3H3,(H,21,24). The van der Waals surface area contributed by atoms with Crippen molar-refractivity contribution >= 4 is 17.3 Å². The van der Waals surface area contributed by atoms with Crippen LogP contribution in [-0.2, 0) is 4.79 Å². The lowest BCUT2D eigenvalue weighted by molar-refractivity contribution is -0.120. The lowest BCUT2D eigenvalue weighted by Gasteiger charge is -2.32. The molecule has 1 amide bonds. The Morgan fingerprint density at radius 3 is 2.46 bits per heavy atom. The van der Waals surface area contributed by atoms with Crippen LogP contribution in [0.5, 0.6) is 0 Å². The summed E-state index contributed by atoms with van der Waals surface area (Å²) in [6.45, 7) is 6.88. The maximum atomic E-state index is 11.7. The zero-order valence-corrected chi connectivity index (χ0v) is 15.3. The number of amides is 1. The average molecular weight is 332 g/mol. The largest absolute Gasteiger partial charge is 0.385 e. The van der Waals surface area contributed by atoms with Crippen molar-refractivity contribution in [1.82, 2.24) is 10.2 Å². The van der Waals surface area contributed by atoms with E-state index >= 15 is 0 Å². The van der Waals surface area contributed by atoms with Crippen LogP contribution in [0.25, 0.3) is 0 Å². The summed E-state index contributed by atoms with van der Waals surface area (Å²) in [5.41, 5.74) is 2.37. The first kappa shape index (κ1) is 18.6. The molecule has 0 unspecified atom stereocenters. The van der Waals surface area contributed by atoms with Gasteiger partial charge in [-0.15, -0.1) is 0 Å². The Labute approximate surface area is 146 Å². The van der Waals surface area contributed by atoms with E-state index in [1.807, 2.05) is 14.1 Å². The molecule has 1 heterocycles. The number of nitrogens with one attached hydrogen (secondary N) is 2. The van der Waals surface area contributed by atoms with Crippen LogP contribution < -0.4 is 15.5 Å². The third-order valence-electron chi connectivity index (χ3n) is 4.58. The average Bonchev–Trinajstić information content (AvgIpc) is 2.56. The third-order valence-corrected chi connectivity index (χ3v) is 4.58. The summed E-state index contributed by atoms with van der Waals surface area (Å²) in [7, 11) is 4.00. The minimum Gasteiger partial charge on any atom is -0.385 e. The first-order valence-electron chi connectivity index (χ1n) is 9.05. The first-order chi connectivity index (χ1) is 11.5. The number of likely N-dealkylation sites (N-methyl/N-ethyl adjacent to an activating group) is 1. The van der Waals surface area contributed by atoms with E-state index in [9.17, 15) is 4.79 Å². The SMILES string of the molecule is CC1CCN(c2ccc(NCCC(=O)NCCN(C)C)cc2)CC1. The second-order valence-electron chi connectivity index (χ2n) is 7.05. The molecule has 1 aromatic rings. The minimum absolute atomic E-state index is 0.100. The monoisotopic (exact) mass is 332 g/mol. The van der Waals surface area contributed by atoms with E-state index in [-0.39, 0.29) is 5.91 Å². The van der Waals surface area contributed by atoms with Gasteiger partial charge in [-0.1, -0.05) is 6.92 Å². The zero-order valence-electron chi connectivity index (χ0n) is 15.3. The Bertz CT molecular complexity index is 493. The van der Waals surface area contributed by atoms with Crippen LogP contribution >= 0.6 is 0 Å². The molecule has 0 spiro atoms. The van der Waals surface area contributed by atoms with Crippen molar-refractivity contribution in [3.05, 3.63) is 24.3 Å². The van der Waals surface area contributed by atoms with E-state index in [1.165, 1.54) is 18.5 Å². The minimum atomic E-state index is 0.100. The van der Waals surface area contributed by atoms with Gasteiger partial charge in [-0.3, -0.25) is 4.79 Å². The summed E-state index contributed by atoms with van der Waals surface area (Å²) in [6.07, 6.45) is 3.06. The van der Waals surface area contributed by atoms with E-state index in [2.05, 4.69) is 51.6 Å². The fourth-order valence-corrected chi connectivity index (χ4v) is 2.88. The maximum absolute atomic E-state index is 11.7. The Morgan fingerprint density at radius 2 is 1.83 bits per heavy atom. The van der Waals surface area contributed by atoms with Gasteiger partial charge in [-0.2, -0.15) is 0 Å². The second kappa shape index (κ2) is 9.52. The van der Waals surface area contributed by atoms with Gasteiger partial charge >= 0.3 is 0 Å². The number of anilines is 2. The third kappa shape index (κ3) is 6.40. The molecule has 2 rings (SSSR count). The van der Waals surface area contributed by atoms with Crippen molar-refractivity contribution in [2.24, 2.45) is 5.92 Å². The highest BCUT2D eigenvalue weighted by atomic mass is 16.1. The van der Waals surface area contributed by atoms with Gasteiger partial charge in [-0.05, 0) is 57.1 Å². The van der Waals surface area contributed by atoms with Crippen molar-refractivity contribution < 1.29 is 4.79 Å². The number of benzene rings is 1. The summed E-state index contributed by atoms with van der Waals surface area (Å²) in [5, 5.41) is 6.25. The molecule has 1 saturated heterocycles. The molecule has 0 atom stereocenters. The molecule has 0 bridgehead atoms. The van der Waals surface area contributed by atoms with Crippen molar-refractivity contribution in [2.75, 3.05) is 57.0 Å². The quantitative estimate of drug-likeness (QED) is 0.767. The Kier molecular flexibility index (Phi) is 7.37. The van der Waals surface area contributed by atoms with Gasteiger partial charge < -0.3 is 20.4 Å². The molecule has 1 aliphatic heterocycles. The Balaban J connectivity index is 1.67. The smallest absolute Gasteiger partial charge is 0.221 e. The van der Waals surface area contributed by atoms with Gasteiger partial charge in [0.05, 0.1) is 0 Å². The van der Waals surface area contributed by atoms with Crippen molar-refractivity contribution in [3.63, 3.8) is 0 Å². The van der Waals surface area contributed by atoms with Gasteiger partial charge in [0.25, 0.3) is 0 Å². The molecule has 5 heteroatoms. The molecule has 1 aliphatic rings. The lowest BCUT2D eigenvalue weighted by Crippen LogP contribution is -2.32. The van der Waals surface area contributed by atoms with Crippen LogP contribution in [0, 0.1) is 5.92 Å². The number of nitrogens with zero attached hydrogens (tertiary/aromatic N) is 2. The zero-order chi connectivity index (χ0) is 17.4. The molecular formula is C19H32N4O. The van der Waals surface area contributed by atoms with Crippen LogP contribution in [0.3, 0.4) is 0 Å². The number of rotatable bonds is 8. The first-order valence-corrected chi connectivity index (χ1v) is 9.05. The number of carbonyl (C=O) groups is 1. The molecule has 0 aliphatic carbocycles. The van der Waals surface area contributed by atoms with Gasteiger partial charge in [0.1, 0.15) is 0 Å². The number of hydrogen-bond acceptors (Lipinski definition) is 4. The summed E-state index contributed by atoms with van der Waals surface area (Å²) in [4.78, 5) is 16.2. The second-order valence-corrected chi connectivity index (χ2v) is 7.05. The molecule has 2 N–H and O–H groups in total. The number of carbonyl (C=O) groups excluding carboxylic acids is 1. The molecule has 134 valence electrons. The van der Waals surface area contributed by atoms with E-state index in [4.69, 9.17) is 0 Å². The summed E-state index contributed by atoms with van der Waals surface area (Å²) in [6, 6.07) is 8.57. The summed E-state index contributed by atoms with van der Waals surface area (Å²) in [5.74, 6) is 0.953. The fraction of sp³-hybridized carbons (Fsp3) is 0.632. The van der Waals surface area contributed by atoms with Gasteiger partial charge in [0.15, 0.2) is 0 Å². The van der Waals surface area contributed by atoms with Gasteiger partial charge in [0, 0.05) is 50.5 Å². The van der Waals surface area contributed by atoms with Crippen LogP contribution in [-0.4, -0.2) is 57.6 Å². The van der Waals surface area contributed by atoms with Crippen LogP contribution in [0.2, 0.25) is 0 Å². The molecule has 1 fully saturated rings. The number of piperidine rings is 1. The van der Waals surface area contributed by atoms with Gasteiger partial charge in [-0.25, -0.2) is 0 Å². The molecule has 1 aromatic carbocycles. The predicted octanol–water partition coefficient (Wildman–Crippen LogP) is 2.40. The molecule has 0 radical (unpaired) electrons. The highest BCUT2D eigenvalue weighted by molar-refractivity contribution is 5.76. The Hall–Kier alpha value is -1.75. The van der Waals surface area contributed by atoms with Gasteiger partial charge in [0.2, 0.25) is 5.91 Å². The van der Waals surface area contributed by atoms with Crippen LogP contribution in [0.15, 0.2) is 24.3 Å². The van der Waals surface area contributed by atoms with E-state index in [0.717, 1.165) is 31.2 Å².